The van der Waals surface area contributed by atoms with Gasteiger partial charge in [-0.15, -0.1) is 10.2 Å². The van der Waals surface area contributed by atoms with E-state index >= 15 is 0 Å². The zero-order valence-electron chi connectivity index (χ0n) is 10.9. The first kappa shape index (κ1) is 13.2. The van der Waals surface area contributed by atoms with Crippen molar-refractivity contribution in [3.05, 3.63) is 30.3 Å². The van der Waals surface area contributed by atoms with E-state index in [-0.39, 0.29) is 5.91 Å². The Hall–Kier alpha value is -1.82. The number of aromatic nitrogens is 2. The first-order chi connectivity index (χ1) is 9.81. The van der Waals surface area contributed by atoms with Crippen LogP contribution in [0.2, 0.25) is 0 Å². The van der Waals surface area contributed by atoms with Crippen LogP contribution < -0.4 is 5.32 Å². The van der Waals surface area contributed by atoms with Crippen LogP contribution in [-0.4, -0.2) is 28.4 Å². The van der Waals surface area contributed by atoms with Gasteiger partial charge in [-0.25, -0.2) is 0 Å². The van der Waals surface area contributed by atoms with Gasteiger partial charge in [0, 0.05) is 12.1 Å². The molecule has 0 aliphatic heterocycles. The predicted molar refractivity (Wildman–Crippen MR) is 76.2 cm³/mol. The van der Waals surface area contributed by atoms with Crippen molar-refractivity contribution in [1.82, 2.24) is 15.5 Å². The van der Waals surface area contributed by atoms with Gasteiger partial charge in [0.15, 0.2) is 0 Å². The molecule has 1 aromatic carbocycles. The van der Waals surface area contributed by atoms with Crippen molar-refractivity contribution >= 4 is 17.7 Å². The number of nitrogens with one attached hydrogen (secondary N) is 1. The summed E-state index contributed by atoms with van der Waals surface area (Å²) in [6, 6.07) is 9.57. The summed E-state index contributed by atoms with van der Waals surface area (Å²) >= 11 is 1.26. The molecule has 1 amide bonds. The quantitative estimate of drug-likeness (QED) is 0.827. The third-order valence-corrected chi connectivity index (χ3v) is 3.86. The van der Waals surface area contributed by atoms with Crippen LogP contribution >= 0.6 is 11.8 Å². The summed E-state index contributed by atoms with van der Waals surface area (Å²) in [4.78, 5) is 11.6. The molecule has 5 nitrogen and oxygen atoms in total. The molecular formula is C14H15N3O2S. The number of rotatable bonds is 6. The fourth-order valence-electron chi connectivity index (χ4n) is 1.72. The van der Waals surface area contributed by atoms with Crippen molar-refractivity contribution in [2.24, 2.45) is 5.92 Å². The molecule has 0 saturated heterocycles. The first-order valence-electron chi connectivity index (χ1n) is 6.59. The third kappa shape index (κ3) is 3.60. The van der Waals surface area contributed by atoms with E-state index in [1.165, 1.54) is 24.6 Å². The molecule has 1 N–H and O–H groups in total. The van der Waals surface area contributed by atoms with Crippen LogP contribution in [-0.2, 0) is 4.79 Å². The van der Waals surface area contributed by atoms with Crippen LogP contribution in [0, 0.1) is 5.92 Å². The van der Waals surface area contributed by atoms with E-state index in [1.807, 2.05) is 30.3 Å². The Morgan fingerprint density at radius 3 is 2.85 bits per heavy atom. The van der Waals surface area contributed by atoms with Gasteiger partial charge >= 0.3 is 0 Å². The molecule has 2 aromatic rings. The number of carbonyl (C=O) groups is 1. The molecule has 0 spiro atoms. The molecule has 3 rings (SSSR count). The molecule has 1 aliphatic rings. The second kappa shape index (κ2) is 6.09. The maximum atomic E-state index is 11.6. The number of hydrogen-bond acceptors (Lipinski definition) is 5. The van der Waals surface area contributed by atoms with Crippen LogP contribution in [0.1, 0.15) is 12.8 Å². The molecule has 6 heteroatoms. The largest absolute Gasteiger partial charge is 0.411 e. The number of carbonyl (C=O) groups excluding carboxylic acids is 1. The summed E-state index contributed by atoms with van der Waals surface area (Å²) in [5.74, 6) is 1.49. The number of hydrogen-bond donors (Lipinski definition) is 1. The molecule has 1 aliphatic carbocycles. The topological polar surface area (TPSA) is 68.0 Å². The van der Waals surface area contributed by atoms with Crippen molar-refractivity contribution in [3.8, 4) is 11.5 Å². The van der Waals surface area contributed by atoms with Crippen LogP contribution in [0.25, 0.3) is 11.5 Å². The lowest BCUT2D eigenvalue weighted by molar-refractivity contribution is -0.118. The second-order valence-corrected chi connectivity index (χ2v) is 5.70. The Morgan fingerprint density at radius 2 is 2.10 bits per heavy atom. The summed E-state index contributed by atoms with van der Waals surface area (Å²) in [5, 5.41) is 11.2. The minimum Gasteiger partial charge on any atom is -0.411 e. The van der Waals surface area contributed by atoms with Crippen molar-refractivity contribution in [1.29, 1.82) is 0 Å². The molecule has 0 radical (unpaired) electrons. The van der Waals surface area contributed by atoms with Crippen LogP contribution in [0.4, 0.5) is 0 Å². The molecule has 1 saturated carbocycles. The molecule has 0 bridgehead atoms. The maximum absolute atomic E-state index is 11.6. The van der Waals surface area contributed by atoms with E-state index in [0.717, 1.165) is 12.1 Å². The Morgan fingerprint density at radius 1 is 1.30 bits per heavy atom. The third-order valence-electron chi connectivity index (χ3n) is 3.04. The van der Waals surface area contributed by atoms with Crippen molar-refractivity contribution in [2.45, 2.75) is 18.1 Å². The highest BCUT2D eigenvalue weighted by atomic mass is 32.2. The molecule has 1 aromatic heterocycles. The van der Waals surface area contributed by atoms with Gasteiger partial charge in [-0.05, 0) is 30.9 Å². The van der Waals surface area contributed by atoms with E-state index in [4.69, 9.17) is 4.42 Å². The zero-order valence-corrected chi connectivity index (χ0v) is 11.7. The van der Waals surface area contributed by atoms with Gasteiger partial charge in [0.2, 0.25) is 11.8 Å². The smallest absolute Gasteiger partial charge is 0.277 e. The van der Waals surface area contributed by atoms with Crippen LogP contribution in [0.15, 0.2) is 40.0 Å². The minimum absolute atomic E-state index is 0.0151. The fraction of sp³-hybridized carbons (Fsp3) is 0.357. The maximum Gasteiger partial charge on any atom is 0.277 e. The first-order valence-corrected chi connectivity index (χ1v) is 7.58. The molecule has 0 unspecified atom stereocenters. The summed E-state index contributed by atoms with van der Waals surface area (Å²) in [6.45, 7) is 0.790. The van der Waals surface area contributed by atoms with Gasteiger partial charge in [-0.2, -0.15) is 0 Å². The van der Waals surface area contributed by atoms with Gasteiger partial charge in [0.25, 0.3) is 5.22 Å². The molecule has 0 atom stereocenters. The van der Waals surface area contributed by atoms with Crippen molar-refractivity contribution < 1.29 is 9.21 Å². The van der Waals surface area contributed by atoms with Gasteiger partial charge < -0.3 is 9.73 Å². The summed E-state index contributed by atoms with van der Waals surface area (Å²) in [7, 11) is 0. The van der Waals surface area contributed by atoms with Gasteiger partial charge in [0.05, 0.1) is 5.75 Å². The molecule has 1 fully saturated rings. The summed E-state index contributed by atoms with van der Waals surface area (Å²) in [6.07, 6.45) is 2.47. The Labute approximate surface area is 121 Å². The zero-order chi connectivity index (χ0) is 13.8. The van der Waals surface area contributed by atoms with E-state index < -0.39 is 0 Å². The van der Waals surface area contributed by atoms with Crippen LogP contribution in [0.5, 0.6) is 0 Å². The highest BCUT2D eigenvalue weighted by Gasteiger charge is 2.21. The minimum atomic E-state index is 0.0151. The van der Waals surface area contributed by atoms with Gasteiger partial charge in [-0.1, -0.05) is 30.0 Å². The lowest BCUT2D eigenvalue weighted by Gasteiger charge is -2.01. The normalized spacial score (nSPS) is 14.2. The van der Waals surface area contributed by atoms with Crippen molar-refractivity contribution in [3.63, 3.8) is 0 Å². The molecule has 1 heterocycles. The average Bonchev–Trinajstić information content (AvgIpc) is 3.20. The Balaban J connectivity index is 1.50. The molecular weight excluding hydrogens is 274 g/mol. The molecule has 104 valence electrons. The average molecular weight is 289 g/mol. The lowest BCUT2D eigenvalue weighted by atomic mass is 10.2. The second-order valence-electron chi connectivity index (χ2n) is 4.78. The van der Waals surface area contributed by atoms with Crippen molar-refractivity contribution in [2.75, 3.05) is 12.3 Å². The molecule has 20 heavy (non-hydrogen) atoms. The Bertz CT molecular complexity index is 581. The van der Waals surface area contributed by atoms with Gasteiger partial charge in [0.1, 0.15) is 0 Å². The summed E-state index contributed by atoms with van der Waals surface area (Å²) < 4.78 is 5.52. The standard InChI is InChI=1S/C14H15N3O2S/c18-12(15-8-10-6-7-10)9-20-14-17-16-13(19-14)11-4-2-1-3-5-11/h1-5,10H,6-9H2,(H,15,18). The van der Waals surface area contributed by atoms with E-state index in [1.54, 1.807) is 0 Å². The fourth-order valence-corrected chi connectivity index (χ4v) is 2.32. The predicted octanol–water partition coefficient (Wildman–Crippen LogP) is 2.35. The summed E-state index contributed by atoms with van der Waals surface area (Å²) in [5.41, 5.74) is 0.880. The Kier molecular flexibility index (Phi) is 4.01. The number of thioether (sulfide) groups is 1. The van der Waals surface area contributed by atoms with Crippen LogP contribution in [0.3, 0.4) is 0 Å². The number of amides is 1. The van der Waals surface area contributed by atoms with E-state index in [0.29, 0.717) is 22.8 Å². The van der Waals surface area contributed by atoms with E-state index in [2.05, 4.69) is 15.5 Å². The highest BCUT2D eigenvalue weighted by Crippen LogP contribution is 2.27. The number of benzene rings is 1. The lowest BCUT2D eigenvalue weighted by Crippen LogP contribution is -2.27. The van der Waals surface area contributed by atoms with E-state index in [9.17, 15) is 4.79 Å². The monoisotopic (exact) mass is 289 g/mol. The highest BCUT2D eigenvalue weighted by molar-refractivity contribution is 7.99. The SMILES string of the molecule is O=C(CSc1nnc(-c2ccccc2)o1)NCC1CC1. The number of nitrogens with zero attached hydrogens (tertiary/aromatic N) is 2. The van der Waals surface area contributed by atoms with Gasteiger partial charge in [-0.3, -0.25) is 4.79 Å².